The largest absolute Gasteiger partial charge is 0.504 e. The number of ether oxygens (including phenoxy) is 1. The third-order valence-electron chi connectivity index (χ3n) is 7.35. The third kappa shape index (κ3) is 2.06. The average Bonchev–Trinajstić information content (AvgIpc) is 2.46. The van der Waals surface area contributed by atoms with Crippen molar-refractivity contribution in [3.8, 4) is 0 Å². The van der Waals surface area contributed by atoms with Crippen LogP contribution >= 0.6 is 0 Å². The second kappa shape index (κ2) is 4.77. The van der Waals surface area contributed by atoms with Crippen molar-refractivity contribution in [2.75, 3.05) is 0 Å². The second-order valence-corrected chi connectivity index (χ2v) is 9.36. The van der Waals surface area contributed by atoms with Gasteiger partial charge in [0, 0.05) is 17.6 Å². The van der Waals surface area contributed by atoms with Gasteiger partial charge in [0.2, 0.25) is 5.78 Å². The Balaban J connectivity index is 1.82. The summed E-state index contributed by atoms with van der Waals surface area (Å²) in [5.41, 5.74) is 1.19. The van der Waals surface area contributed by atoms with E-state index in [1.54, 1.807) is 6.08 Å². The van der Waals surface area contributed by atoms with Crippen LogP contribution in [0.5, 0.6) is 0 Å². The fourth-order valence-electron chi connectivity index (χ4n) is 6.24. The molecule has 0 radical (unpaired) electrons. The lowest BCUT2D eigenvalue weighted by atomic mass is 9.45. The molecule has 0 aromatic heterocycles. The highest BCUT2D eigenvalue weighted by atomic mass is 16.5. The van der Waals surface area contributed by atoms with Gasteiger partial charge in [-0.2, -0.15) is 0 Å². The summed E-state index contributed by atoms with van der Waals surface area (Å²) in [5, 5.41) is 9.83. The molecule has 0 saturated heterocycles. The van der Waals surface area contributed by atoms with Crippen molar-refractivity contribution in [1.82, 2.24) is 0 Å². The van der Waals surface area contributed by atoms with Crippen LogP contribution in [0.3, 0.4) is 0 Å². The molecule has 4 atom stereocenters. The number of aliphatic hydroxyl groups excluding tert-OH is 1. The van der Waals surface area contributed by atoms with Gasteiger partial charge < -0.3 is 9.84 Å². The van der Waals surface area contributed by atoms with Crippen LogP contribution in [0.2, 0.25) is 0 Å². The maximum absolute atomic E-state index is 11.8. The van der Waals surface area contributed by atoms with E-state index in [1.165, 1.54) is 31.8 Å². The average molecular weight is 328 g/mol. The zero-order valence-corrected chi connectivity index (χ0v) is 15.2. The van der Waals surface area contributed by atoms with E-state index in [9.17, 15) is 9.90 Å². The fraction of sp³-hybridized carbons (Fsp3) is 0.667. The molecule has 0 aromatic carbocycles. The molecule has 0 bridgehead atoms. The maximum Gasteiger partial charge on any atom is 0.223 e. The Morgan fingerprint density at radius 1 is 1.12 bits per heavy atom. The Hall–Kier alpha value is -1.51. The number of fused-ring (bicyclic) bond motifs is 4. The second-order valence-electron chi connectivity index (χ2n) is 9.36. The topological polar surface area (TPSA) is 46.5 Å². The van der Waals surface area contributed by atoms with Crippen molar-refractivity contribution in [2.45, 2.75) is 65.4 Å². The van der Waals surface area contributed by atoms with Gasteiger partial charge in [-0.15, -0.1) is 0 Å². The first-order valence-corrected chi connectivity index (χ1v) is 9.24. The summed E-state index contributed by atoms with van der Waals surface area (Å²) < 4.78 is 6.40. The summed E-state index contributed by atoms with van der Waals surface area (Å²) in [5.74, 6) is 1.09. The zero-order valence-electron chi connectivity index (χ0n) is 15.2. The van der Waals surface area contributed by atoms with E-state index >= 15 is 0 Å². The molecule has 2 saturated carbocycles. The van der Waals surface area contributed by atoms with Gasteiger partial charge in [0.25, 0.3) is 0 Å². The number of carbonyl (C=O) groups is 1. The fourth-order valence-corrected chi connectivity index (χ4v) is 6.24. The van der Waals surface area contributed by atoms with Gasteiger partial charge in [0.1, 0.15) is 11.4 Å². The molecule has 4 rings (SSSR count). The molecule has 1 N–H and O–H groups in total. The lowest BCUT2D eigenvalue weighted by molar-refractivity contribution is -0.162. The molecule has 1 aliphatic heterocycles. The normalized spacial score (nSPS) is 43.3. The molecule has 24 heavy (non-hydrogen) atoms. The number of rotatable bonds is 0. The summed E-state index contributed by atoms with van der Waals surface area (Å²) in [4.78, 5) is 11.8. The van der Waals surface area contributed by atoms with E-state index in [-0.39, 0.29) is 22.6 Å². The molecule has 3 heteroatoms. The number of ketones is 1. The van der Waals surface area contributed by atoms with E-state index in [2.05, 4.69) is 33.8 Å². The van der Waals surface area contributed by atoms with E-state index in [0.717, 1.165) is 12.0 Å². The summed E-state index contributed by atoms with van der Waals surface area (Å²) in [6, 6.07) is 0. The highest BCUT2D eigenvalue weighted by molar-refractivity contribution is 6.04. The highest BCUT2D eigenvalue weighted by Crippen LogP contribution is 2.64. The third-order valence-corrected chi connectivity index (χ3v) is 7.35. The molecular weight excluding hydrogens is 300 g/mol. The van der Waals surface area contributed by atoms with Crippen LogP contribution in [0.15, 0.2) is 35.3 Å². The predicted octanol–water partition coefficient (Wildman–Crippen LogP) is 4.85. The molecule has 130 valence electrons. The van der Waals surface area contributed by atoms with Crippen molar-refractivity contribution < 1.29 is 14.6 Å². The summed E-state index contributed by atoms with van der Waals surface area (Å²) in [6.45, 7) is 9.49. The molecule has 0 spiro atoms. The summed E-state index contributed by atoms with van der Waals surface area (Å²) in [6.07, 6.45) is 11.3. The Labute approximate surface area is 144 Å². The lowest BCUT2D eigenvalue weighted by Gasteiger charge is -2.62. The van der Waals surface area contributed by atoms with Gasteiger partial charge in [-0.3, -0.25) is 4.79 Å². The number of hydrogen-bond acceptors (Lipinski definition) is 3. The number of carbonyl (C=O) groups excluding carboxylic acids is 1. The molecule has 1 heterocycles. The van der Waals surface area contributed by atoms with E-state index < -0.39 is 0 Å². The zero-order chi connectivity index (χ0) is 17.3. The predicted molar refractivity (Wildman–Crippen MR) is 93.3 cm³/mol. The van der Waals surface area contributed by atoms with Crippen LogP contribution in [-0.2, 0) is 9.53 Å². The van der Waals surface area contributed by atoms with Crippen LogP contribution in [0, 0.1) is 22.7 Å². The molecule has 2 fully saturated rings. The first kappa shape index (κ1) is 16.0. The number of allylic oxidation sites excluding steroid dienone is 2. The quantitative estimate of drug-likeness (QED) is 0.691. The van der Waals surface area contributed by atoms with Crippen LogP contribution in [0.4, 0.5) is 0 Å². The molecule has 0 aromatic rings. The first-order valence-electron chi connectivity index (χ1n) is 9.24. The van der Waals surface area contributed by atoms with Crippen molar-refractivity contribution in [3.05, 3.63) is 35.3 Å². The summed E-state index contributed by atoms with van der Waals surface area (Å²) >= 11 is 0. The Kier molecular flexibility index (Phi) is 3.18. The van der Waals surface area contributed by atoms with Crippen LogP contribution in [0.1, 0.15) is 59.8 Å². The van der Waals surface area contributed by atoms with Gasteiger partial charge >= 0.3 is 0 Å². The van der Waals surface area contributed by atoms with Crippen molar-refractivity contribution >= 4 is 5.78 Å². The number of aliphatic hydroxyl groups is 1. The lowest BCUT2D eigenvalue weighted by Crippen LogP contribution is -2.58. The van der Waals surface area contributed by atoms with E-state index in [1.807, 2.05) is 0 Å². The van der Waals surface area contributed by atoms with Crippen molar-refractivity contribution in [2.24, 2.45) is 22.7 Å². The Morgan fingerprint density at radius 3 is 2.62 bits per heavy atom. The molecular formula is C21H28O3. The van der Waals surface area contributed by atoms with E-state index in [4.69, 9.17) is 4.74 Å². The molecule has 0 unspecified atom stereocenters. The minimum Gasteiger partial charge on any atom is -0.504 e. The standard InChI is InChI=1S/C21H28O3/c1-19(2)7-5-8-20(3)17(19)6-9-21(4)18(20)11-13-10-14(22)15(23)12-16(13)24-21/h10-12,17-18,22H,5-9H2,1-4H3/t17-,18-,20+,21-/m1/s1. The minimum atomic E-state index is -0.358. The van der Waals surface area contributed by atoms with Gasteiger partial charge in [0.15, 0.2) is 5.76 Å². The van der Waals surface area contributed by atoms with Gasteiger partial charge in [0.05, 0.1) is 0 Å². The SMILES string of the molecule is CC1(C)CCC[C@@]2(C)[C@@H]1CC[C@@]1(C)OC3=CC(=O)C(O)=CC3=C[C@H]21. The van der Waals surface area contributed by atoms with Gasteiger partial charge in [-0.05, 0) is 55.4 Å². The summed E-state index contributed by atoms with van der Waals surface area (Å²) in [7, 11) is 0. The molecule has 4 aliphatic rings. The molecule has 0 amide bonds. The van der Waals surface area contributed by atoms with Crippen molar-refractivity contribution in [3.63, 3.8) is 0 Å². The van der Waals surface area contributed by atoms with Crippen LogP contribution in [-0.4, -0.2) is 16.5 Å². The van der Waals surface area contributed by atoms with Crippen LogP contribution < -0.4 is 0 Å². The Bertz CT molecular complexity index is 696. The highest BCUT2D eigenvalue weighted by Gasteiger charge is 2.60. The minimum absolute atomic E-state index is 0.182. The maximum atomic E-state index is 11.8. The van der Waals surface area contributed by atoms with Gasteiger partial charge in [-0.25, -0.2) is 0 Å². The smallest absolute Gasteiger partial charge is 0.223 e. The molecule has 3 nitrogen and oxygen atoms in total. The Morgan fingerprint density at radius 2 is 1.88 bits per heavy atom. The van der Waals surface area contributed by atoms with Crippen LogP contribution in [0.25, 0.3) is 0 Å². The first-order chi connectivity index (χ1) is 11.2. The van der Waals surface area contributed by atoms with E-state index in [0.29, 0.717) is 23.0 Å². The number of hydrogen-bond donors (Lipinski definition) is 1. The molecule has 3 aliphatic carbocycles. The van der Waals surface area contributed by atoms with Crippen molar-refractivity contribution in [1.29, 1.82) is 0 Å². The van der Waals surface area contributed by atoms with Gasteiger partial charge in [-0.1, -0.05) is 33.3 Å². The monoisotopic (exact) mass is 328 g/mol.